The predicted octanol–water partition coefficient (Wildman–Crippen LogP) is 3.96. The average Bonchev–Trinajstić information content (AvgIpc) is 2.85. The van der Waals surface area contributed by atoms with Crippen molar-refractivity contribution in [1.82, 2.24) is 4.98 Å². The molecule has 5 nitrogen and oxygen atoms in total. The number of amides is 2. The van der Waals surface area contributed by atoms with Crippen molar-refractivity contribution in [3.63, 3.8) is 0 Å². The lowest BCUT2D eigenvalue weighted by molar-refractivity contribution is 0.0976. The van der Waals surface area contributed by atoms with Gasteiger partial charge in [-0.25, -0.2) is 9.78 Å². The Kier molecular flexibility index (Phi) is 3.90. The Morgan fingerprint density at radius 1 is 1.19 bits per heavy atom. The fraction of sp³-hybridized carbons (Fsp3) is 0.214. The van der Waals surface area contributed by atoms with E-state index in [1.54, 1.807) is 24.3 Å². The number of halogens is 1. The van der Waals surface area contributed by atoms with E-state index >= 15 is 0 Å². The molecule has 0 saturated heterocycles. The molecule has 0 saturated carbocycles. The first-order valence-corrected chi connectivity index (χ1v) is 7.68. The first-order valence-electron chi connectivity index (χ1n) is 6.48. The molecule has 2 aromatic rings. The average molecular weight is 322 g/mol. The molecule has 0 fully saturated rings. The highest BCUT2D eigenvalue weighted by atomic mass is 35.5. The summed E-state index contributed by atoms with van der Waals surface area (Å²) in [5.74, 6) is 0.111. The molecule has 0 unspecified atom stereocenters. The number of thiazole rings is 1. The van der Waals surface area contributed by atoms with Crippen LogP contribution >= 0.6 is 22.9 Å². The van der Waals surface area contributed by atoms with Gasteiger partial charge in [-0.05, 0) is 37.1 Å². The number of carbonyl (C=O) groups excluding carboxylic acids is 2. The lowest BCUT2D eigenvalue weighted by Crippen LogP contribution is -2.19. The number of fused-ring (bicyclic) bond motifs is 1. The first-order chi connectivity index (χ1) is 10.1. The lowest BCUT2D eigenvalue weighted by atomic mass is 10.0. The van der Waals surface area contributed by atoms with Crippen LogP contribution in [0.2, 0.25) is 5.02 Å². The van der Waals surface area contributed by atoms with Crippen LogP contribution in [0.5, 0.6) is 0 Å². The van der Waals surface area contributed by atoms with Crippen molar-refractivity contribution in [2.75, 3.05) is 10.6 Å². The molecule has 3 rings (SSSR count). The number of nitrogens with zero attached hydrogens (tertiary/aromatic N) is 1. The number of nitrogens with one attached hydrogen (secondary N) is 2. The molecular formula is C14H12ClN3O2S. The fourth-order valence-electron chi connectivity index (χ4n) is 2.12. The van der Waals surface area contributed by atoms with Gasteiger partial charge in [0, 0.05) is 17.1 Å². The van der Waals surface area contributed by atoms with E-state index in [1.165, 1.54) is 11.3 Å². The predicted molar refractivity (Wildman–Crippen MR) is 83.5 cm³/mol. The molecule has 0 atom stereocenters. The van der Waals surface area contributed by atoms with Crippen molar-refractivity contribution < 1.29 is 9.59 Å². The number of ketones is 1. The van der Waals surface area contributed by atoms with E-state index < -0.39 is 6.03 Å². The number of anilines is 2. The van der Waals surface area contributed by atoms with Crippen molar-refractivity contribution in [2.45, 2.75) is 19.3 Å². The Hall–Kier alpha value is -1.92. The summed E-state index contributed by atoms with van der Waals surface area (Å²) in [4.78, 5) is 28.6. The molecule has 0 aliphatic heterocycles. The summed E-state index contributed by atoms with van der Waals surface area (Å²) in [6.07, 6.45) is 2.18. The topological polar surface area (TPSA) is 71.1 Å². The van der Waals surface area contributed by atoms with Crippen LogP contribution < -0.4 is 10.6 Å². The highest BCUT2D eigenvalue weighted by molar-refractivity contribution is 7.17. The van der Waals surface area contributed by atoms with Crippen molar-refractivity contribution in [1.29, 1.82) is 0 Å². The summed E-state index contributed by atoms with van der Waals surface area (Å²) < 4.78 is 0. The minimum Gasteiger partial charge on any atom is -0.308 e. The van der Waals surface area contributed by atoms with Crippen molar-refractivity contribution >= 4 is 45.6 Å². The number of urea groups is 1. The Balaban J connectivity index is 1.67. The Morgan fingerprint density at radius 3 is 2.67 bits per heavy atom. The van der Waals surface area contributed by atoms with Crippen LogP contribution in [-0.4, -0.2) is 16.8 Å². The highest BCUT2D eigenvalue weighted by Crippen LogP contribution is 2.29. The first kappa shape index (κ1) is 14.0. The van der Waals surface area contributed by atoms with E-state index in [1.807, 2.05) is 0 Å². The maximum Gasteiger partial charge on any atom is 0.325 e. The molecule has 21 heavy (non-hydrogen) atoms. The molecule has 1 aromatic carbocycles. The third-order valence-corrected chi connectivity index (χ3v) is 4.40. The quantitative estimate of drug-likeness (QED) is 0.879. The number of hydrogen-bond acceptors (Lipinski definition) is 4. The standard InChI is InChI=1S/C14H12ClN3O2S/c15-8-4-6-9(7-5-8)16-13(20)18-14-17-10-2-1-3-11(19)12(10)21-14/h4-7H,1-3H2,(H2,16,17,18,20). The van der Waals surface area contributed by atoms with Crippen LogP contribution in [-0.2, 0) is 6.42 Å². The van der Waals surface area contributed by atoms with E-state index in [0.29, 0.717) is 27.1 Å². The maximum atomic E-state index is 11.9. The van der Waals surface area contributed by atoms with Gasteiger partial charge in [0.2, 0.25) is 0 Å². The summed E-state index contributed by atoms with van der Waals surface area (Å²) in [7, 11) is 0. The van der Waals surface area contributed by atoms with Gasteiger partial charge in [-0.2, -0.15) is 0 Å². The van der Waals surface area contributed by atoms with Gasteiger partial charge in [0.05, 0.1) is 10.6 Å². The van der Waals surface area contributed by atoms with Crippen LogP contribution in [0.1, 0.15) is 28.2 Å². The summed E-state index contributed by atoms with van der Waals surface area (Å²) in [5.41, 5.74) is 1.42. The van der Waals surface area contributed by atoms with Crippen LogP contribution in [0.4, 0.5) is 15.6 Å². The molecule has 2 N–H and O–H groups in total. The van der Waals surface area contributed by atoms with Crippen LogP contribution in [0, 0.1) is 0 Å². The van der Waals surface area contributed by atoms with Crippen LogP contribution in [0.15, 0.2) is 24.3 Å². The van der Waals surface area contributed by atoms with Crippen molar-refractivity contribution in [2.24, 2.45) is 0 Å². The van der Waals surface area contributed by atoms with Gasteiger partial charge in [-0.1, -0.05) is 22.9 Å². The molecular weight excluding hydrogens is 310 g/mol. The number of Topliss-reactive ketones (excluding diaryl/α,β-unsaturated/α-hetero) is 1. The summed E-state index contributed by atoms with van der Waals surface area (Å²) >= 11 is 7.01. The molecule has 7 heteroatoms. The highest BCUT2D eigenvalue weighted by Gasteiger charge is 2.22. The molecule has 0 radical (unpaired) electrons. The second kappa shape index (κ2) is 5.83. The number of carbonyl (C=O) groups is 2. The number of rotatable bonds is 2. The Bertz CT molecular complexity index is 697. The van der Waals surface area contributed by atoms with E-state index in [2.05, 4.69) is 15.6 Å². The number of aryl methyl sites for hydroxylation is 1. The second-order valence-corrected chi connectivity index (χ2v) is 6.09. The zero-order valence-electron chi connectivity index (χ0n) is 11.0. The summed E-state index contributed by atoms with van der Waals surface area (Å²) in [5, 5.41) is 6.39. The SMILES string of the molecule is O=C(Nc1ccc(Cl)cc1)Nc1nc2c(s1)C(=O)CCC2. The molecule has 1 aliphatic rings. The molecule has 0 bridgehead atoms. The fourth-order valence-corrected chi connectivity index (χ4v) is 3.22. The monoisotopic (exact) mass is 321 g/mol. The molecule has 2 amide bonds. The number of hydrogen-bond donors (Lipinski definition) is 2. The van der Waals surface area contributed by atoms with Crippen molar-refractivity contribution in [3.05, 3.63) is 39.9 Å². The summed E-state index contributed by atoms with van der Waals surface area (Å²) in [6, 6.07) is 6.41. The smallest absolute Gasteiger partial charge is 0.308 e. The van der Waals surface area contributed by atoms with Gasteiger partial charge in [0.15, 0.2) is 10.9 Å². The summed E-state index contributed by atoms with van der Waals surface area (Å²) in [6.45, 7) is 0. The van der Waals surface area contributed by atoms with Gasteiger partial charge in [-0.3, -0.25) is 10.1 Å². The van der Waals surface area contributed by atoms with E-state index in [9.17, 15) is 9.59 Å². The van der Waals surface area contributed by atoms with E-state index in [-0.39, 0.29) is 5.78 Å². The lowest BCUT2D eigenvalue weighted by Gasteiger charge is -2.05. The zero-order valence-corrected chi connectivity index (χ0v) is 12.6. The van der Waals surface area contributed by atoms with Crippen LogP contribution in [0.3, 0.4) is 0 Å². The minimum atomic E-state index is -0.393. The molecule has 108 valence electrons. The Labute approximate surface area is 130 Å². The van der Waals surface area contributed by atoms with Gasteiger partial charge in [0.25, 0.3) is 0 Å². The minimum absolute atomic E-state index is 0.111. The molecule has 0 spiro atoms. The Morgan fingerprint density at radius 2 is 1.95 bits per heavy atom. The van der Waals surface area contributed by atoms with Crippen LogP contribution in [0.25, 0.3) is 0 Å². The van der Waals surface area contributed by atoms with Gasteiger partial charge < -0.3 is 5.32 Å². The van der Waals surface area contributed by atoms with Crippen molar-refractivity contribution in [3.8, 4) is 0 Å². The van der Waals surface area contributed by atoms with E-state index in [4.69, 9.17) is 11.6 Å². The molecule has 1 aliphatic carbocycles. The third kappa shape index (κ3) is 3.22. The van der Waals surface area contributed by atoms with Gasteiger partial charge >= 0.3 is 6.03 Å². The maximum absolute atomic E-state index is 11.9. The zero-order chi connectivity index (χ0) is 14.8. The third-order valence-electron chi connectivity index (χ3n) is 3.09. The molecule has 1 aromatic heterocycles. The van der Waals surface area contributed by atoms with Gasteiger partial charge in [0.1, 0.15) is 0 Å². The number of benzene rings is 1. The normalized spacial score (nSPS) is 13.7. The second-order valence-electron chi connectivity index (χ2n) is 4.66. The van der Waals surface area contributed by atoms with Gasteiger partial charge in [-0.15, -0.1) is 0 Å². The largest absolute Gasteiger partial charge is 0.325 e. The number of aromatic nitrogens is 1. The van der Waals surface area contributed by atoms with E-state index in [0.717, 1.165) is 18.5 Å². The molecule has 1 heterocycles.